The molecule has 1 aliphatic rings. The topological polar surface area (TPSA) is 48.1 Å². The van der Waals surface area contributed by atoms with E-state index < -0.39 is 0 Å². The Labute approximate surface area is 164 Å². The van der Waals surface area contributed by atoms with Gasteiger partial charge in [0.05, 0.1) is 12.5 Å². The van der Waals surface area contributed by atoms with E-state index in [1.165, 1.54) is 30.5 Å². The molecule has 1 aromatic heterocycles. The van der Waals surface area contributed by atoms with Gasteiger partial charge in [-0.05, 0) is 62.2 Å². The van der Waals surface area contributed by atoms with Crippen molar-refractivity contribution in [3.8, 4) is 0 Å². The summed E-state index contributed by atoms with van der Waals surface area (Å²) in [4.78, 5) is 18.4. The van der Waals surface area contributed by atoms with Crippen molar-refractivity contribution < 1.29 is 9.18 Å². The fraction of sp³-hybridized carbons (Fsp3) is 0.348. The third kappa shape index (κ3) is 3.94. The Morgan fingerprint density at radius 2 is 1.93 bits per heavy atom. The molecule has 0 spiro atoms. The largest absolute Gasteiger partial charge is 0.358 e. The number of carbonyl (C=O) groups is 1. The van der Waals surface area contributed by atoms with Gasteiger partial charge in [0.1, 0.15) is 5.82 Å². The van der Waals surface area contributed by atoms with E-state index in [0.717, 1.165) is 35.2 Å². The first-order valence-electron chi connectivity index (χ1n) is 9.94. The number of aryl methyl sites for hydroxylation is 1. The van der Waals surface area contributed by atoms with E-state index in [-0.39, 0.29) is 24.2 Å². The van der Waals surface area contributed by atoms with Crippen molar-refractivity contribution in [1.29, 1.82) is 0 Å². The van der Waals surface area contributed by atoms with Crippen LogP contribution in [0.4, 0.5) is 4.39 Å². The highest BCUT2D eigenvalue weighted by molar-refractivity contribution is 5.90. The molecule has 1 aliphatic heterocycles. The molecule has 146 valence electrons. The van der Waals surface area contributed by atoms with Crippen LogP contribution in [0.2, 0.25) is 0 Å². The van der Waals surface area contributed by atoms with Gasteiger partial charge in [-0.15, -0.1) is 0 Å². The number of aromatic nitrogens is 1. The van der Waals surface area contributed by atoms with Crippen LogP contribution in [0.5, 0.6) is 0 Å². The first kappa shape index (κ1) is 18.7. The summed E-state index contributed by atoms with van der Waals surface area (Å²) in [5.74, 6) is -0.320. The maximum absolute atomic E-state index is 13.7. The maximum Gasteiger partial charge on any atom is 0.224 e. The smallest absolute Gasteiger partial charge is 0.224 e. The molecule has 2 N–H and O–H groups in total. The standard InChI is InChI=1S/C23H26FN3O/c1-16-19(20-13-18(24)9-10-21(20)26-16)14-23(28)25-15-22(27-11-5-6-12-27)17-7-3-2-4-8-17/h2-4,7-10,13,22,26H,5-6,11-12,14-15H2,1H3,(H,25,28)/t22-/m1/s1. The number of fused-ring (bicyclic) bond motifs is 1. The van der Waals surface area contributed by atoms with E-state index in [1.54, 1.807) is 6.07 Å². The Morgan fingerprint density at radius 3 is 2.68 bits per heavy atom. The van der Waals surface area contributed by atoms with E-state index in [9.17, 15) is 9.18 Å². The quantitative estimate of drug-likeness (QED) is 0.677. The fourth-order valence-corrected chi connectivity index (χ4v) is 4.20. The molecule has 28 heavy (non-hydrogen) atoms. The highest BCUT2D eigenvalue weighted by Crippen LogP contribution is 2.25. The van der Waals surface area contributed by atoms with Crippen molar-refractivity contribution in [1.82, 2.24) is 15.2 Å². The average molecular weight is 379 g/mol. The van der Waals surface area contributed by atoms with Crippen LogP contribution >= 0.6 is 0 Å². The molecule has 0 unspecified atom stereocenters. The second-order valence-corrected chi connectivity index (χ2v) is 7.57. The Morgan fingerprint density at radius 1 is 1.18 bits per heavy atom. The molecule has 5 heteroatoms. The van der Waals surface area contributed by atoms with Gasteiger partial charge in [-0.3, -0.25) is 9.69 Å². The van der Waals surface area contributed by atoms with E-state index in [1.807, 2.05) is 25.1 Å². The Bertz CT molecular complexity index is 961. The minimum Gasteiger partial charge on any atom is -0.358 e. The molecule has 0 aliphatic carbocycles. The number of amides is 1. The Balaban J connectivity index is 1.47. The van der Waals surface area contributed by atoms with Crippen LogP contribution in [0.25, 0.3) is 10.9 Å². The minimum absolute atomic E-state index is 0.0339. The lowest BCUT2D eigenvalue weighted by Gasteiger charge is -2.28. The summed E-state index contributed by atoms with van der Waals surface area (Å²) in [5, 5.41) is 3.90. The summed E-state index contributed by atoms with van der Waals surface area (Å²) in [7, 11) is 0. The van der Waals surface area contributed by atoms with Gasteiger partial charge in [0.2, 0.25) is 5.91 Å². The van der Waals surface area contributed by atoms with Crippen molar-refractivity contribution in [2.45, 2.75) is 32.2 Å². The van der Waals surface area contributed by atoms with Crippen molar-refractivity contribution in [2.75, 3.05) is 19.6 Å². The number of benzene rings is 2. The highest BCUT2D eigenvalue weighted by Gasteiger charge is 2.24. The van der Waals surface area contributed by atoms with Gasteiger partial charge < -0.3 is 10.3 Å². The average Bonchev–Trinajstić information content (AvgIpc) is 3.32. The van der Waals surface area contributed by atoms with Crippen LogP contribution in [-0.4, -0.2) is 35.4 Å². The lowest BCUT2D eigenvalue weighted by Crippen LogP contribution is -2.37. The molecule has 3 aromatic rings. The summed E-state index contributed by atoms with van der Waals surface area (Å²) >= 11 is 0. The number of H-pyrrole nitrogens is 1. The molecular weight excluding hydrogens is 353 g/mol. The molecule has 2 heterocycles. The molecule has 0 bridgehead atoms. The van der Waals surface area contributed by atoms with Crippen molar-refractivity contribution in [3.63, 3.8) is 0 Å². The normalized spacial score (nSPS) is 15.8. The second-order valence-electron chi connectivity index (χ2n) is 7.57. The van der Waals surface area contributed by atoms with Gasteiger partial charge in [-0.2, -0.15) is 0 Å². The number of halogens is 1. The zero-order valence-corrected chi connectivity index (χ0v) is 16.2. The molecular formula is C23H26FN3O. The van der Waals surface area contributed by atoms with Gasteiger partial charge in [0, 0.05) is 23.1 Å². The molecule has 1 fully saturated rings. The summed E-state index contributed by atoms with van der Waals surface area (Å²) in [6.45, 7) is 4.64. The van der Waals surface area contributed by atoms with Crippen molar-refractivity contribution in [3.05, 3.63) is 71.2 Å². The molecule has 1 amide bonds. The van der Waals surface area contributed by atoms with Crippen LogP contribution in [0, 0.1) is 12.7 Å². The number of nitrogens with zero attached hydrogens (tertiary/aromatic N) is 1. The van der Waals surface area contributed by atoms with Gasteiger partial charge in [0.25, 0.3) is 0 Å². The summed E-state index contributed by atoms with van der Waals surface area (Å²) < 4.78 is 13.7. The van der Waals surface area contributed by atoms with Gasteiger partial charge in [0.15, 0.2) is 0 Å². The summed E-state index contributed by atoms with van der Waals surface area (Å²) in [5.41, 5.74) is 3.87. The molecule has 4 nitrogen and oxygen atoms in total. The Kier molecular flexibility index (Phi) is 5.44. The van der Waals surface area contributed by atoms with Gasteiger partial charge in [-0.1, -0.05) is 30.3 Å². The van der Waals surface area contributed by atoms with E-state index >= 15 is 0 Å². The number of rotatable bonds is 6. The van der Waals surface area contributed by atoms with E-state index in [4.69, 9.17) is 0 Å². The molecule has 0 saturated carbocycles. The zero-order valence-electron chi connectivity index (χ0n) is 16.2. The lowest BCUT2D eigenvalue weighted by molar-refractivity contribution is -0.120. The van der Waals surface area contributed by atoms with Crippen LogP contribution in [-0.2, 0) is 11.2 Å². The fourth-order valence-electron chi connectivity index (χ4n) is 4.20. The number of aromatic amines is 1. The molecule has 2 aromatic carbocycles. The number of hydrogen-bond acceptors (Lipinski definition) is 2. The molecule has 4 rings (SSSR count). The zero-order chi connectivity index (χ0) is 19.5. The SMILES string of the molecule is Cc1[nH]c2ccc(F)cc2c1CC(=O)NC[C@H](c1ccccc1)N1CCCC1. The van der Waals surface area contributed by atoms with Crippen LogP contribution < -0.4 is 5.32 Å². The van der Waals surface area contributed by atoms with Crippen LogP contribution in [0.15, 0.2) is 48.5 Å². The summed E-state index contributed by atoms with van der Waals surface area (Å²) in [6.07, 6.45) is 2.66. The maximum atomic E-state index is 13.7. The Hall–Kier alpha value is -2.66. The highest BCUT2D eigenvalue weighted by atomic mass is 19.1. The first-order chi connectivity index (χ1) is 13.6. The number of carbonyl (C=O) groups excluding carboxylic acids is 1. The predicted octanol–water partition coefficient (Wildman–Crippen LogP) is 4.11. The van der Waals surface area contributed by atoms with E-state index in [2.05, 4.69) is 27.3 Å². The number of nitrogens with one attached hydrogen (secondary N) is 2. The van der Waals surface area contributed by atoms with Crippen LogP contribution in [0.3, 0.4) is 0 Å². The van der Waals surface area contributed by atoms with Crippen LogP contribution in [0.1, 0.15) is 35.7 Å². The van der Waals surface area contributed by atoms with Gasteiger partial charge >= 0.3 is 0 Å². The van der Waals surface area contributed by atoms with E-state index in [0.29, 0.717) is 6.54 Å². The third-order valence-corrected chi connectivity index (χ3v) is 5.68. The molecule has 1 saturated heterocycles. The molecule has 1 atom stereocenters. The molecule has 0 radical (unpaired) electrons. The number of likely N-dealkylation sites (tertiary alicyclic amines) is 1. The third-order valence-electron chi connectivity index (χ3n) is 5.68. The number of hydrogen-bond donors (Lipinski definition) is 2. The summed E-state index contributed by atoms with van der Waals surface area (Å²) in [6, 6.07) is 15.2. The monoisotopic (exact) mass is 379 g/mol. The van der Waals surface area contributed by atoms with Crippen molar-refractivity contribution >= 4 is 16.8 Å². The predicted molar refractivity (Wildman–Crippen MR) is 110 cm³/mol. The van der Waals surface area contributed by atoms with Gasteiger partial charge in [-0.25, -0.2) is 4.39 Å². The minimum atomic E-state index is -0.286. The van der Waals surface area contributed by atoms with Crippen molar-refractivity contribution in [2.24, 2.45) is 0 Å². The lowest BCUT2D eigenvalue weighted by atomic mass is 10.0. The second kappa shape index (κ2) is 8.15. The first-order valence-corrected chi connectivity index (χ1v) is 9.94.